The van der Waals surface area contributed by atoms with E-state index in [1.807, 2.05) is 33.3 Å². The zero-order valence-electron chi connectivity index (χ0n) is 38.5. The fourth-order valence-corrected chi connectivity index (χ4v) is 6.92. The van der Waals surface area contributed by atoms with Crippen molar-refractivity contribution in [2.45, 2.75) is 187 Å². The summed E-state index contributed by atoms with van der Waals surface area (Å²) in [7, 11) is 1.49. The number of aliphatic hydroxyl groups excluding tert-OH is 1. The number of carbonyl (C=O) groups is 1. The van der Waals surface area contributed by atoms with Crippen LogP contribution in [0, 0.1) is 0 Å². The number of phosphoric acid groups is 1. The highest BCUT2D eigenvalue weighted by atomic mass is 31.2. The van der Waals surface area contributed by atoms with Gasteiger partial charge in [-0.3, -0.25) is 13.8 Å². The van der Waals surface area contributed by atoms with Gasteiger partial charge in [-0.2, -0.15) is 0 Å². The number of nitrogens with zero attached hydrogens (tertiary/aromatic N) is 1. The molecule has 8 nitrogen and oxygen atoms in total. The first-order valence-electron chi connectivity index (χ1n) is 23.5. The molecular weight excluding hydrogens is 756 g/mol. The Morgan fingerprint density at radius 3 is 1.53 bits per heavy atom. The molecule has 0 aliphatic heterocycles. The van der Waals surface area contributed by atoms with E-state index in [-0.39, 0.29) is 25.5 Å². The highest BCUT2D eigenvalue weighted by Gasteiger charge is 2.27. The highest BCUT2D eigenvalue weighted by molar-refractivity contribution is 7.47. The van der Waals surface area contributed by atoms with Crippen LogP contribution in [0.5, 0.6) is 0 Å². The summed E-state index contributed by atoms with van der Waals surface area (Å²) in [5.74, 6) is -0.316. The normalized spacial score (nSPS) is 15.0. The number of hydrogen-bond acceptors (Lipinski definition) is 5. The molecule has 0 rings (SSSR count). The Hall–Kier alpha value is -2.32. The standard InChI is InChI=1S/C50H89N2O6P/c1-6-8-10-12-14-16-18-20-22-23-24-25-26-27-28-30-31-33-35-37-39-41-43-49(53)48(47-58-59(55,56)57-46-45-52(3,4)5)51-50(54)44-42-40-38-36-34-32-29-21-19-17-15-13-11-9-7-2/h9,11,15,17,21,29,33-36,40-43,48-49,53H,6-8,10,12-14,16,18-20,22-28,30-32,37-39,44-47H2,1-5H3,(H-,51,54,55,56)/p+1/b11-9-,17-15-,29-21-,35-33+,36-34-,42-40-,43-41+. The second-order valence-corrected chi connectivity index (χ2v) is 18.2. The third-order valence-corrected chi connectivity index (χ3v) is 10.9. The molecule has 0 bridgehead atoms. The Bertz CT molecular complexity index is 1230. The summed E-state index contributed by atoms with van der Waals surface area (Å²) in [6.45, 7) is 4.59. The third kappa shape index (κ3) is 43.6. The molecule has 9 heteroatoms. The van der Waals surface area contributed by atoms with E-state index in [4.69, 9.17) is 9.05 Å². The minimum Gasteiger partial charge on any atom is -0.387 e. The van der Waals surface area contributed by atoms with Gasteiger partial charge in [-0.25, -0.2) is 4.57 Å². The van der Waals surface area contributed by atoms with E-state index in [0.717, 1.165) is 44.9 Å². The maximum atomic E-state index is 12.8. The Morgan fingerprint density at radius 2 is 1.03 bits per heavy atom. The third-order valence-electron chi connectivity index (χ3n) is 9.88. The molecule has 0 aromatic carbocycles. The molecule has 0 radical (unpaired) electrons. The number of amides is 1. The summed E-state index contributed by atoms with van der Waals surface area (Å²) >= 11 is 0. The summed E-state index contributed by atoms with van der Waals surface area (Å²) in [4.78, 5) is 23.1. The number of phosphoric ester groups is 1. The van der Waals surface area contributed by atoms with Gasteiger partial charge in [0, 0.05) is 6.42 Å². The van der Waals surface area contributed by atoms with Gasteiger partial charge in [0.15, 0.2) is 0 Å². The van der Waals surface area contributed by atoms with E-state index in [1.54, 1.807) is 12.2 Å². The van der Waals surface area contributed by atoms with Crippen molar-refractivity contribution in [1.29, 1.82) is 0 Å². The lowest BCUT2D eigenvalue weighted by Crippen LogP contribution is -2.45. The van der Waals surface area contributed by atoms with Crippen LogP contribution in [0.1, 0.15) is 174 Å². The van der Waals surface area contributed by atoms with E-state index in [2.05, 4.69) is 79.9 Å². The van der Waals surface area contributed by atoms with Crippen LogP contribution in [0.3, 0.4) is 0 Å². The topological polar surface area (TPSA) is 105 Å². The lowest BCUT2D eigenvalue weighted by Gasteiger charge is -2.25. The van der Waals surface area contributed by atoms with Gasteiger partial charge in [0.1, 0.15) is 13.2 Å². The lowest BCUT2D eigenvalue weighted by atomic mass is 10.0. The molecule has 0 aromatic rings. The van der Waals surface area contributed by atoms with Crippen LogP contribution in [0.15, 0.2) is 85.1 Å². The van der Waals surface area contributed by atoms with E-state index < -0.39 is 20.0 Å². The zero-order valence-corrected chi connectivity index (χ0v) is 39.4. The van der Waals surface area contributed by atoms with E-state index >= 15 is 0 Å². The summed E-state index contributed by atoms with van der Waals surface area (Å²) in [6, 6.07) is -0.922. The van der Waals surface area contributed by atoms with Gasteiger partial charge in [-0.1, -0.05) is 195 Å². The van der Waals surface area contributed by atoms with Gasteiger partial charge in [-0.05, 0) is 57.8 Å². The number of rotatable bonds is 41. The smallest absolute Gasteiger partial charge is 0.387 e. The van der Waals surface area contributed by atoms with Crippen molar-refractivity contribution in [3.05, 3.63) is 85.1 Å². The lowest BCUT2D eigenvalue weighted by molar-refractivity contribution is -0.870. The second-order valence-electron chi connectivity index (χ2n) is 16.8. The number of hydrogen-bond donors (Lipinski definition) is 3. The zero-order chi connectivity index (χ0) is 43.6. The molecule has 0 aliphatic rings. The number of unbranched alkanes of at least 4 members (excludes halogenated alkanes) is 17. The molecular formula is C50H90N2O6P+. The minimum atomic E-state index is -4.38. The predicted molar refractivity (Wildman–Crippen MR) is 253 cm³/mol. The Kier molecular flexibility index (Phi) is 39.4. The quantitative estimate of drug-likeness (QED) is 0.0245. The number of aliphatic hydroxyl groups is 1. The molecule has 0 saturated heterocycles. The summed E-state index contributed by atoms with van der Waals surface area (Å²) in [5.41, 5.74) is 0. The first kappa shape index (κ1) is 56.7. The SMILES string of the molecule is CC/C=C\C/C=C\C/C=C\C/C=C\C/C=C\CC(=O)NC(COP(=O)(O)OCC[N+](C)(C)C)C(O)/C=C/CC/C=C/CCCCCCCCCCCCCCCCCC. The van der Waals surface area contributed by atoms with Gasteiger partial charge in [0.05, 0.1) is 39.9 Å². The van der Waals surface area contributed by atoms with Crippen LogP contribution in [0.2, 0.25) is 0 Å². The highest BCUT2D eigenvalue weighted by Crippen LogP contribution is 2.43. The van der Waals surface area contributed by atoms with E-state index in [1.165, 1.54) is 103 Å². The van der Waals surface area contributed by atoms with Gasteiger partial charge in [-0.15, -0.1) is 0 Å². The number of quaternary nitrogens is 1. The molecule has 59 heavy (non-hydrogen) atoms. The fourth-order valence-electron chi connectivity index (χ4n) is 6.18. The second kappa shape index (κ2) is 41.1. The van der Waals surface area contributed by atoms with Crippen molar-refractivity contribution in [1.82, 2.24) is 5.32 Å². The maximum Gasteiger partial charge on any atom is 0.472 e. The number of likely N-dealkylation sites (N-methyl/N-ethyl adjacent to an activating group) is 1. The van der Waals surface area contributed by atoms with E-state index in [0.29, 0.717) is 17.4 Å². The molecule has 0 saturated carbocycles. The van der Waals surface area contributed by atoms with Crippen molar-refractivity contribution >= 4 is 13.7 Å². The Labute approximate surface area is 363 Å². The molecule has 1 amide bonds. The molecule has 3 N–H and O–H groups in total. The van der Waals surface area contributed by atoms with Crippen molar-refractivity contribution in [3.63, 3.8) is 0 Å². The minimum absolute atomic E-state index is 0.0355. The van der Waals surface area contributed by atoms with Gasteiger partial charge >= 0.3 is 7.82 Å². The number of allylic oxidation sites excluding steroid dienone is 12. The van der Waals surface area contributed by atoms with Crippen LogP contribution in [-0.2, 0) is 18.4 Å². The average molecular weight is 846 g/mol. The Morgan fingerprint density at radius 1 is 0.593 bits per heavy atom. The monoisotopic (exact) mass is 846 g/mol. The first-order valence-corrected chi connectivity index (χ1v) is 25.0. The van der Waals surface area contributed by atoms with Crippen molar-refractivity contribution < 1.29 is 32.9 Å². The Balaban J connectivity index is 4.53. The fraction of sp³-hybridized carbons (Fsp3) is 0.700. The molecule has 340 valence electrons. The molecule has 0 aromatic heterocycles. The van der Waals surface area contributed by atoms with Crippen LogP contribution in [0.4, 0.5) is 0 Å². The molecule has 0 fully saturated rings. The summed E-state index contributed by atoms with van der Waals surface area (Å²) in [6.07, 6.45) is 57.0. The van der Waals surface area contributed by atoms with Crippen LogP contribution < -0.4 is 5.32 Å². The number of carbonyl (C=O) groups excluding carboxylic acids is 1. The molecule has 3 atom stereocenters. The predicted octanol–water partition coefficient (Wildman–Crippen LogP) is 13.4. The van der Waals surface area contributed by atoms with Crippen molar-refractivity contribution in [2.75, 3.05) is 40.9 Å². The molecule has 3 unspecified atom stereocenters. The van der Waals surface area contributed by atoms with Crippen LogP contribution >= 0.6 is 7.82 Å². The van der Waals surface area contributed by atoms with Gasteiger partial charge < -0.3 is 19.8 Å². The summed E-state index contributed by atoms with van der Waals surface area (Å²) < 4.78 is 23.5. The number of nitrogens with one attached hydrogen (secondary N) is 1. The van der Waals surface area contributed by atoms with E-state index in [9.17, 15) is 19.4 Å². The maximum absolute atomic E-state index is 12.8. The average Bonchev–Trinajstić information content (AvgIpc) is 3.19. The molecule has 0 aliphatic carbocycles. The van der Waals surface area contributed by atoms with Gasteiger partial charge in [0.25, 0.3) is 0 Å². The van der Waals surface area contributed by atoms with Crippen LogP contribution in [-0.4, -0.2) is 73.4 Å². The molecule has 0 heterocycles. The molecule has 0 spiro atoms. The first-order chi connectivity index (χ1) is 28.5. The van der Waals surface area contributed by atoms with Gasteiger partial charge in [0.2, 0.25) is 5.91 Å². The largest absolute Gasteiger partial charge is 0.472 e. The van der Waals surface area contributed by atoms with Crippen LogP contribution in [0.25, 0.3) is 0 Å². The summed E-state index contributed by atoms with van der Waals surface area (Å²) in [5, 5.41) is 13.7. The van der Waals surface area contributed by atoms with Crippen molar-refractivity contribution in [3.8, 4) is 0 Å². The van der Waals surface area contributed by atoms with Crippen molar-refractivity contribution in [2.24, 2.45) is 0 Å².